The predicted molar refractivity (Wildman–Crippen MR) is 83.5 cm³/mol. The molecule has 1 heterocycles. The van der Waals surface area contributed by atoms with Crippen LogP contribution in [0, 0.1) is 11.8 Å². The van der Waals surface area contributed by atoms with Crippen LogP contribution in [0.1, 0.15) is 26.2 Å². The Balaban J connectivity index is 1.64. The molecule has 2 atom stereocenters. The van der Waals surface area contributed by atoms with Crippen LogP contribution in [-0.4, -0.2) is 32.8 Å². The number of hydrogen-bond acceptors (Lipinski definition) is 3. The summed E-state index contributed by atoms with van der Waals surface area (Å²) in [7, 11) is 1.73. The number of anilines is 1. The molecule has 20 heavy (non-hydrogen) atoms. The van der Waals surface area contributed by atoms with E-state index in [4.69, 9.17) is 4.74 Å². The molecule has 2 unspecified atom stereocenters. The first-order valence-electron chi connectivity index (χ1n) is 7.87. The van der Waals surface area contributed by atoms with Gasteiger partial charge in [0.25, 0.3) is 0 Å². The van der Waals surface area contributed by atoms with Crippen LogP contribution in [0.5, 0.6) is 5.75 Å². The Morgan fingerprint density at radius 2 is 2.15 bits per heavy atom. The van der Waals surface area contributed by atoms with Gasteiger partial charge in [0.15, 0.2) is 0 Å². The molecule has 2 fully saturated rings. The molecule has 2 aliphatic rings. The maximum atomic E-state index is 5.34. The van der Waals surface area contributed by atoms with E-state index in [-0.39, 0.29) is 0 Å². The van der Waals surface area contributed by atoms with Crippen molar-refractivity contribution < 1.29 is 4.74 Å². The van der Waals surface area contributed by atoms with Gasteiger partial charge < -0.3 is 15.0 Å². The van der Waals surface area contributed by atoms with Gasteiger partial charge in [0.1, 0.15) is 5.75 Å². The lowest BCUT2D eigenvalue weighted by atomic mass is 9.95. The molecule has 110 valence electrons. The fraction of sp³-hybridized carbons (Fsp3) is 0.647. The third-order valence-electron chi connectivity index (χ3n) is 4.47. The molecule has 0 radical (unpaired) electrons. The van der Waals surface area contributed by atoms with Crippen LogP contribution in [0.4, 0.5) is 5.69 Å². The molecule has 1 aliphatic heterocycles. The van der Waals surface area contributed by atoms with Crippen LogP contribution >= 0.6 is 0 Å². The topological polar surface area (TPSA) is 24.5 Å². The van der Waals surface area contributed by atoms with Gasteiger partial charge in [-0.15, -0.1) is 0 Å². The van der Waals surface area contributed by atoms with Crippen molar-refractivity contribution in [3.8, 4) is 5.75 Å². The molecule has 3 heteroatoms. The molecule has 1 aromatic rings. The summed E-state index contributed by atoms with van der Waals surface area (Å²) in [6.45, 7) is 5.83. The van der Waals surface area contributed by atoms with E-state index in [9.17, 15) is 0 Å². The summed E-state index contributed by atoms with van der Waals surface area (Å²) < 4.78 is 5.34. The highest BCUT2D eigenvalue weighted by molar-refractivity contribution is 5.51. The summed E-state index contributed by atoms with van der Waals surface area (Å²) in [5.41, 5.74) is 1.29. The second-order valence-corrected chi connectivity index (χ2v) is 6.50. The number of rotatable bonds is 5. The third kappa shape index (κ3) is 3.45. The minimum atomic E-state index is 0.630. The van der Waals surface area contributed by atoms with Gasteiger partial charge in [-0.1, -0.05) is 13.0 Å². The fourth-order valence-electron chi connectivity index (χ4n) is 3.17. The van der Waals surface area contributed by atoms with E-state index in [0.717, 1.165) is 30.7 Å². The molecule has 3 nitrogen and oxygen atoms in total. The first-order valence-corrected chi connectivity index (χ1v) is 7.87. The third-order valence-corrected chi connectivity index (χ3v) is 4.47. The van der Waals surface area contributed by atoms with E-state index >= 15 is 0 Å². The zero-order valence-electron chi connectivity index (χ0n) is 12.6. The second-order valence-electron chi connectivity index (χ2n) is 6.50. The van der Waals surface area contributed by atoms with E-state index < -0.39 is 0 Å². The Kier molecular flexibility index (Phi) is 4.16. The highest BCUT2D eigenvalue weighted by Gasteiger charge is 2.27. The Morgan fingerprint density at radius 1 is 1.30 bits per heavy atom. The quantitative estimate of drug-likeness (QED) is 0.893. The van der Waals surface area contributed by atoms with Gasteiger partial charge in [-0.2, -0.15) is 0 Å². The second kappa shape index (κ2) is 6.04. The molecule has 1 saturated heterocycles. The van der Waals surface area contributed by atoms with Gasteiger partial charge >= 0.3 is 0 Å². The number of ether oxygens (including phenoxy) is 1. The van der Waals surface area contributed by atoms with E-state index in [2.05, 4.69) is 35.3 Å². The molecule has 0 aromatic heterocycles. The number of benzene rings is 1. The summed E-state index contributed by atoms with van der Waals surface area (Å²) in [6.07, 6.45) is 4.15. The van der Waals surface area contributed by atoms with Crippen LogP contribution in [0.2, 0.25) is 0 Å². The first kappa shape index (κ1) is 13.7. The minimum absolute atomic E-state index is 0.630. The van der Waals surface area contributed by atoms with Crippen LogP contribution < -0.4 is 15.0 Å². The lowest BCUT2D eigenvalue weighted by Gasteiger charge is -2.38. The van der Waals surface area contributed by atoms with Crippen molar-refractivity contribution in [2.75, 3.05) is 31.6 Å². The number of nitrogens with zero attached hydrogens (tertiary/aromatic N) is 1. The summed E-state index contributed by atoms with van der Waals surface area (Å²) in [4.78, 5) is 2.50. The lowest BCUT2D eigenvalue weighted by molar-refractivity contribution is 0.347. The van der Waals surface area contributed by atoms with E-state index in [0.29, 0.717) is 6.04 Å². The summed E-state index contributed by atoms with van der Waals surface area (Å²) in [5.74, 6) is 2.65. The van der Waals surface area contributed by atoms with Gasteiger partial charge in [-0.3, -0.25) is 0 Å². The molecule has 1 saturated carbocycles. The zero-order valence-corrected chi connectivity index (χ0v) is 12.6. The van der Waals surface area contributed by atoms with Crippen molar-refractivity contribution in [1.29, 1.82) is 0 Å². The summed E-state index contributed by atoms with van der Waals surface area (Å²) in [6, 6.07) is 9.07. The largest absolute Gasteiger partial charge is 0.497 e. The van der Waals surface area contributed by atoms with Crippen LogP contribution in [0.15, 0.2) is 24.3 Å². The van der Waals surface area contributed by atoms with Crippen molar-refractivity contribution >= 4 is 5.69 Å². The molecular weight excluding hydrogens is 248 g/mol. The number of methoxy groups -OCH3 is 1. The first-order chi connectivity index (χ1) is 9.74. The molecule has 1 N–H and O–H groups in total. The maximum Gasteiger partial charge on any atom is 0.120 e. The van der Waals surface area contributed by atoms with Crippen molar-refractivity contribution in [1.82, 2.24) is 5.32 Å². The predicted octanol–water partition coefficient (Wildman–Crippen LogP) is 2.91. The number of hydrogen-bond donors (Lipinski definition) is 1. The van der Waals surface area contributed by atoms with Crippen molar-refractivity contribution in [3.63, 3.8) is 0 Å². The normalized spacial score (nSPS) is 26.6. The SMILES string of the molecule is COc1cccc(N2CC(C)CC(NCC3CC3)C2)c1. The maximum absolute atomic E-state index is 5.34. The van der Waals surface area contributed by atoms with E-state index in [1.165, 1.54) is 31.5 Å². The van der Waals surface area contributed by atoms with Crippen molar-refractivity contribution in [3.05, 3.63) is 24.3 Å². The molecular formula is C17H26N2O. The average molecular weight is 274 g/mol. The van der Waals surface area contributed by atoms with E-state index in [1.807, 2.05) is 6.07 Å². The fourth-order valence-corrected chi connectivity index (χ4v) is 3.17. The van der Waals surface area contributed by atoms with Gasteiger partial charge in [-0.25, -0.2) is 0 Å². The van der Waals surface area contributed by atoms with Crippen LogP contribution in [0.3, 0.4) is 0 Å². The average Bonchev–Trinajstić information content (AvgIpc) is 3.29. The van der Waals surface area contributed by atoms with Crippen LogP contribution in [0.25, 0.3) is 0 Å². The molecule has 0 spiro atoms. The standard InChI is InChI=1S/C17H26N2O/c1-13-8-15(18-10-14-6-7-14)12-19(11-13)16-4-3-5-17(9-16)20-2/h3-5,9,13-15,18H,6-8,10-12H2,1-2H3. The minimum Gasteiger partial charge on any atom is -0.497 e. The molecule has 3 rings (SSSR count). The Morgan fingerprint density at radius 3 is 2.90 bits per heavy atom. The monoisotopic (exact) mass is 274 g/mol. The highest BCUT2D eigenvalue weighted by atomic mass is 16.5. The van der Waals surface area contributed by atoms with Gasteiger partial charge in [0, 0.05) is 30.9 Å². The van der Waals surface area contributed by atoms with Gasteiger partial charge in [0.2, 0.25) is 0 Å². The molecule has 1 aliphatic carbocycles. The number of piperidine rings is 1. The van der Waals surface area contributed by atoms with Gasteiger partial charge in [0.05, 0.1) is 7.11 Å². The molecule has 0 bridgehead atoms. The highest BCUT2D eigenvalue weighted by Crippen LogP contribution is 2.29. The summed E-state index contributed by atoms with van der Waals surface area (Å²) in [5, 5.41) is 3.77. The lowest BCUT2D eigenvalue weighted by Crippen LogP contribution is -2.49. The Bertz CT molecular complexity index is 444. The number of nitrogens with one attached hydrogen (secondary N) is 1. The van der Waals surface area contributed by atoms with Crippen molar-refractivity contribution in [2.45, 2.75) is 32.2 Å². The Hall–Kier alpha value is -1.22. The molecule has 1 aromatic carbocycles. The Labute approximate surface area is 122 Å². The van der Waals surface area contributed by atoms with Crippen molar-refractivity contribution in [2.24, 2.45) is 11.8 Å². The zero-order chi connectivity index (χ0) is 13.9. The van der Waals surface area contributed by atoms with Crippen LogP contribution in [-0.2, 0) is 0 Å². The molecule has 0 amide bonds. The van der Waals surface area contributed by atoms with E-state index in [1.54, 1.807) is 7.11 Å². The smallest absolute Gasteiger partial charge is 0.120 e. The van der Waals surface area contributed by atoms with Gasteiger partial charge in [-0.05, 0) is 49.8 Å². The summed E-state index contributed by atoms with van der Waals surface area (Å²) >= 11 is 0.